The van der Waals surface area contributed by atoms with Gasteiger partial charge in [0.25, 0.3) is 5.91 Å². The first kappa shape index (κ1) is 12.9. The van der Waals surface area contributed by atoms with Gasteiger partial charge in [-0.05, 0) is 49.9 Å². The summed E-state index contributed by atoms with van der Waals surface area (Å²) in [5.74, 6) is 1.77. The van der Waals surface area contributed by atoms with Crippen LogP contribution in [-0.4, -0.2) is 18.2 Å². The highest BCUT2D eigenvalue weighted by Crippen LogP contribution is 2.40. The minimum Gasteiger partial charge on any atom is -0.494 e. The summed E-state index contributed by atoms with van der Waals surface area (Å²) in [6.07, 6.45) is 6.48. The summed E-state index contributed by atoms with van der Waals surface area (Å²) in [7, 11) is 0. The predicted octanol–water partition coefficient (Wildman–Crippen LogP) is 2.77. The Balaban J connectivity index is 1.58. The van der Waals surface area contributed by atoms with Crippen LogP contribution >= 0.6 is 0 Å². The predicted molar refractivity (Wildman–Crippen MR) is 77.9 cm³/mol. The van der Waals surface area contributed by atoms with E-state index >= 15 is 0 Å². The van der Waals surface area contributed by atoms with E-state index < -0.39 is 0 Å². The fraction of sp³-hybridized carbons (Fsp3) is 0.375. The van der Waals surface area contributed by atoms with Gasteiger partial charge in [-0.3, -0.25) is 4.79 Å². The molecule has 4 nitrogen and oxygen atoms in total. The van der Waals surface area contributed by atoms with E-state index in [1.807, 2.05) is 6.92 Å². The lowest BCUT2D eigenvalue weighted by atomic mass is 9.74. The number of hydrogen-bond acceptors (Lipinski definition) is 3. The number of nitrogens with zero attached hydrogens (tertiary/aromatic N) is 1. The molecule has 1 aromatic carbocycles. The molecular formula is C16H18N2O2. The van der Waals surface area contributed by atoms with Gasteiger partial charge in [0.15, 0.2) is 0 Å². The van der Waals surface area contributed by atoms with Crippen LogP contribution < -0.4 is 10.2 Å². The number of carbonyl (C=O) groups excluding carboxylic acids is 1. The lowest BCUT2D eigenvalue weighted by Crippen LogP contribution is -2.35. The molecule has 20 heavy (non-hydrogen) atoms. The summed E-state index contributed by atoms with van der Waals surface area (Å²) in [6, 6.07) is 7.10. The van der Waals surface area contributed by atoms with Crippen molar-refractivity contribution in [1.29, 1.82) is 0 Å². The average molecular weight is 270 g/mol. The van der Waals surface area contributed by atoms with E-state index in [0.717, 1.165) is 24.3 Å². The highest BCUT2D eigenvalue weighted by molar-refractivity contribution is 5.98. The van der Waals surface area contributed by atoms with Gasteiger partial charge in [-0.15, -0.1) is 0 Å². The zero-order valence-electron chi connectivity index (χ0n) is 11.5. The van der Waals surface area contributed by atoms with Gasteiger partial charge in [0.2, 0.25) is 0 Å². The number of amides is 1. The Morgan fingerprint density at radius 2 is 2.20 bits per heavy atom. The Hall–Kier alpha value is -2.10. The largest absolute Gasteiger partial charge is 0.494 e. The Bertz CT molecular complexity index is 560. The van der Waals surface area contributed by atoms with E-state index in [1.54, 1.807) is 24.3 Å². The first-order valence-corrected chi connectivity index (χ1v) is 7.04. The molecule has 1 fully saturated rings. The highest BCUT2D eigenvalue weighted by Gasteiger charge is 2.37. The van der Waals surface area contributed by atoms with Crippen molar-refractivity contribution in [2.45, 2.75) is 19.8 Å². The standard InChI is InChI=1S/C16H18N2O2/c1-2-20-13-8-6-11(7-9-13)16(19)18-17-15-10-12-4-3-5-14(12)15/h3-4,6-9,12,14H,2,5,10H2,1H3,(H,18,19)/b17-15-. The van der Waals surface area contributed by atoms with Crippen molar-refractivity contribution in [3.8, 4) is 5.75 Å². The summed E-state index contributed by atoms with van der Waals surface area (Å²) < 4.78 is 5.35. The second kappa shape index (κ2) is 5.49. The van der Waals surface area contributed by atoms with Crippen LogP contribution in [0.5, 0.6) is 5.75 Å². The summed E-state index contributed by atoms with van der Waals surface area (Å²) >= 11 is 0. The van der Waals surface area contributed by atoms with Gasteiger partial charge >= 0.3 is 0 Å². The van der Waals surface area contributed by atoms with Gasteiger partial charge < -0.3 is 4.74 Å². The summed E-state index contributed by atoms with van der Waals surface area (Å²) in [6.45, 7) is 2.55. The van der Waals surface area contributed by atoms with Gasteiger partial charge in [0.05, 0.1) is 6.61 Å². The summed E-state index contributed by atoms with van der Waals surface area (Å²) in [5.41, 5.74) is 4.35. The SMILES string of the molecule is CCOc1ccc(C(=O)N/N=C2/CC3C=CCC23)cc1. The van der Waals surface area contributed by atoms with Crippen LogP contribution in [0.4, 0.5) is 0 Å². The quantitative estimate of drug-likeness (QED) is 0.675. The van der Waals surface area contributed by atoms with Crippen molar-refractivity contribution >= 4 is 11.6 Å². The topological polar surface area (TPSA) is 50.7 Å². The number of hydrogen-bond donors (Lipinski definition) is 1. The molecule has 4 heteroatoms. The van der Waals surface area contributed by atoms with Crippen LogP contribution in [0.25, 0.3) is 0 Å². The highest BCUT2D eigenvalue weighted by atomic mass is 16.5. The molecule has 0 bridgehead atoms. The van der Waals surface area contributed by atoms with Crippen molar-refractivity contribution in [2.24, 2.45) is 16.9 Å². The summed E-state index contributed by atoms with van der Waals surface area (Å²) in [4.78, 5) is 12.0. The van der Waals surface area contributed by atoms with Crippen LogP contribution in [0.15, 0.2) is 41.5 Å². The van der Waals surface area contributed by atoms with Crippen LogP contribution in [0.1, 0.15) is 30.1 Å². The van der Waals surface area contributed by atoms with Crippen LogP contribution in [0.3, 0.4) is 0 Å². The average Bonchev–Trinajstić information content (AvgIpc) is 2.81. The normalized spacial score (nSPS) is 25.1. The Morgan fingerprint density at radius 3 is 2.90 bits per heavy atom. The molecule has 0 heterocycles. The molecule has 0 radical (unpaired) electrons. The van der Waals surface area contributed by atoms with Crippen molar-refractivity contribution in [2.75, 3.05) is 6.61 Å². The second-order valence-electron chi connectivity index (χ2n) is 5.14. The number of allylic oxidation sites excluding steroid dienone is 2. The fourth-order valence-electron chi connectivity index (χ4n) is 2.72. The molecule has 2 unspecified atom stereocenters. The van der Waals surface area contributed by atoms with E-state index in [4.69, 9.17) is 4.74 Å². The maximum Gasteiger partial charge on any atom is 0.271 e. The minimum atomic E-state index is -0.171. The van der Waals surface area contributed by atoms with Gasteiger partial charge in [-0.1, -0.05) is 12.2 Å². The van der Waals surface area contributed by atoms with Crippen LogP contribution in [0.2, 0.25) is 0 Å². The lowest BCUT2D eigenvalue weighted by Gasteiger charge is -2.31. The number of rotatable bonds is 4. The molecule has 1 N–H and O–H groups in total. The third kappa shape index (κ3) is 2.46. The smallest absolute Gasteiger partial charge is 0.271 e. The maximum atomic E-state index is 12.0. The first-order valence-electron chi connectivity index (χ1n) is 7.04. The number of nitrogens with one attached hydrogen (secondary N) is 1. The zero-order valence-corrected chi connectivity index (χ0v) is 11.5. The van der Waals surface area contributed by atoms with Crippen molar-refractivity contribution in [3.05, 3.63) is 42.0 Å². The van der Waals surface area contributed by atoms with E-state index in [0.29, 0.717) is 24.0 Å². The minimum absolute atomic E-state index is 0.171. The number of carbonyl (C=O) groups is 1. The molecule has 0 aliphatic heterocycles. The Morgan fingerprint density at radius 1 is 1.40 bits per heavy atom. The molecule has 2 atom stereocenters. The molecule has 0 saturated heterocycles. The third-order valence-electron chi connectivity index (χ3n) is 3.89. The maximum absolute atomic E-state index is 12.0. The second-order valence-corrected chi connectivity index (χ2v) is 5.14. The van der Waals surface area contributed by atoms with E-state index in [-0.39, 0.29) is 5.91 Å². The number of hydrazone groups is 1. The van der Waals surface area contributed by atoms with Gasteiger partial charge in [0, 0.05) is 17.2 Å². The molecule has 0 spiro atoms. The summed E-state index contributed by atoms with van der Waals surface area (Å²) in [5, 5.41) is 4.25. The number of fused-ring (bicyclic) bond motifs is 1. The van der Waals surface area contributed by atoms with Gasteiger partial charge in [-0.2, -0.15) is 5.10 Å². The lowest BCUT2D eigenvalue weighted by molar-refractivity contribution is 0.0954. The molecular weight excluding hydrogens is 252 g/mol. The van der Waals surface area contributed by atoms with Gasteiger partial charge in [0.1, 0.15) is 5.75 Å². The Kier molecular flexibility index (Phi) is 3.54. The molecule has 1 amide bonds. The van der Waals surface area contributed by atoms with Crippen LogP contribution in [-0.2, 0) is 0 Å². The number of benzene rings is 1. The van der Waals surface area contributed by atoms with Crippen LogP contribution in [0, 0.1) is 11.8 Å². The van der Waals surface area contributed by atoms with E-state index in [1.165, 1.54) is 0 Å². The van der Waals surface area contributed by atoms with E-state index in [9.17, 15) is 4.79 Å². The van der Waals surface area contributed by atoms with Crippen molar-refractivity contribution in [3.63, 3.8) is 0 Å². The molecule has 104 valence electrons. The molecule has 2 aliphatic rings. The number of ether oxygens (including phenoxy) is 1. The van der Waals surface area contributed by atoms with Crippen molar-refractivity contribution in [1.82, 2.24) is 5.43 Å². The Labute approximate surface area is 118 Å². The molecule has 2 aliphatic carbocycles. The monoisotopic (exact) mass is 270 g/mol. The molecule has 1 aromatic rings. The molecule has 0 aromatic heterocycles. The first-order chi connectivity index (χ1) is 9.78. The molecule has 1 saturated carbocycles. The zero-order chi connectivity index (χ0) is 13.9. The van der Waals surface area contributed by atoms with E-state index in [2.05, 4.69) is 22.7 Å². The molecule has 3 rings (SSSR count). The fourth-order valence-corrected chi connectivity index (χ4v) is 2.72. The van der Waals surface area contributed by atoms with Crippen molar-refractivity contribution < 1.29 is 9.53 Å². The van der Waals surface area contributed by atoms with Gasteiger partial charge in [-0.25, -0.2) is 5.43 Å². The third-order valence-corrected chi connectivity index (χ3v) is 3.89.